The smallest absolute Gasteiger partial charge is 0.231 e. The highest BCUT2D eigenvalue weighted by molar-refractivity contribution is 6.14. The number of hydrogen-bond donors (Lipinski definition) is 0. The van der Waals surface area contributed by atoms with Crippen LogP contribution in [0.3, 0.4) is 0 Å². The van der Waals surface area contributed by atoms with Crippen LogP contribution in [0.15, 0.2) is 78.6 Å². The maximum absolute atomic E-state index is 12.5. The first-order chi connectivity index (χ1) is 12.7. The van der Waals surface area contributed by atoms with Gasteiger partial charge in [-0.1, -0.05) is 54.1 Å². The minimum Gasteiger partial charge on any atom is -0.489 e. The van der Waals surface area contributed by atoms with Crippen molar-refractivity contribution in [3.05, 3.63) is 101 Å². The van der Waals surface area contributed by atoms with Crippen molar-refractivity contribution in [1.29, 1.82) is 0 Å². The van der Waals surface area contributed by atoms with Gasteiger partial charge in [-0.2, -0.15) is 0 Å². The molecular formula is C23H18O3. The van der Waals surface area contributed by atoms with Crippen molar-refractivity contribution in [2.24, 2.45) is 0 Å². The van der Waals surface area contributed by atoms with E-state index in [0.717, 1.165) is 22.4 Å². The van der Waals surface area contributed by atoms with E-state index in [1.54, 1.807) is 6.08 Å². The zero-order valence-corrected chi connectivity index (χ0v) is 14.4. The van der Waals surface area contributed by atoms with Crippen molar-refractivity contribution in [3.8, 4) is 11.5 Å². The summed E-state index contributed by atoms with van der Waals surface area (Å²) in [5.74, 6) is 1.62. The Balaban J connectivity index is 1.52. The highest BCUT2D eigenvalue weighted by atomic mass is 16.5. The molecule has 128 valence electrons. The molecule has 0 unspecified atom stereocenters. The number of ketones is 1. The zero-order valence-electron chi connectivity index (χ0n) is 14.4. The van der Waals surface area contributed by atoms with Crippen molar-refractivity contribution < 1.29 is 14.3 Å². The van der Waals surface area contributed by atoms with Crippen molar-refractivity contribution in [2.75, 3.05) is 0 Å². The summed E-state index contributed by atoms with van der Waals surface area (Å²) >= 11 is 0. The minimum absolute atomic E-state index is 0.0840. The Morgan fingerprint density at radius 3 is 2.65 bits per heavy atom. The lowest BCUT2D eigenvalue weighted by molar-refractivity contribution is 0.101. The van der Waals surface area contributed by atoms with E-state index in [-0.39, 0.29) is 5.78 Å². The molecule has 26 heavy (non-hydrogen) atoms. The summed E-state index contributed by atoms with van der Waals surface area (Å²) in [5, 5.41) is 0. The van der Waals surface area contributed by atoms with Crippen LogP contribution in [-0.4, -0.2) is 5.78 Å². The number of carbonyl (C=O) groups excluding carboxylic acids is 1. The molecule has 4 rings (SSSR count). The molecule has 0 spiro atoms. The first-order valence-corrected chi connectivity index (χ1v) is 8.51. The summed E-state index contributed by atoms with van der Waals surface area (Å²) in [4.78, 5) is 12.5. The molecular weight excluding hydrogens is 324 g/mol. The van der Waals surface area contributed by atoms with E-state index < -0.39 is 0 Å². The van der Waals surface area contributed by atoms with Crippen LogP contribution in [-0.2, 0) is 6.61 Å². The van der Waals surface area contributed by atoms with E-state index in [1.165, 1.54) is 0 Å². The average Bonchev–Trinajstić information content (AvgIpc) is 2.97. The molecule has 3 heteroatoms. The number of carbonyl (C=O) groups is 1. The predicted molar refractivity (Wildman–Crippen MR) is 101 cm³/mol. The van der Waals surface area contributed by atoms with Gasteiger partial charge in [-0.15, -0.1) is 0 Å². The lowest BCUT2D eigenvalue weighted by Crippen LogP contribution is -1.98. The number of aryl methyl sites for hydroxylation is 1. The van der Waals surface area contributed by atoms with Gasteiger partial charge in [-0.25, -0.2) is 0 Å². The van der Waals surface area contributed by atoms with Crippen molar-refractivity contribution in [2.45, 2.75) is 13.5 Å². The number of benzene rings is 3. The van der Waals surface area contributed by atoms with E-state index in [0.29, 0.717) is 23.7 Å². The van der Waals surface area contributed by atoms with Crippen LogP contribution >= 0.6 is 0 Å². The monoisotopic (exact) mass is 342 g/mol. The molecule has 3 aromatic carbocycles. The molecule has 0 bridgehead atoms. The Morgan fingerprint density at radius 1 is 0.962 bits per heavy atom. The van der Waals surface area contributed by atoms with Crippen LogP contribution in [0.25, 0.3) is 6.08 Å². The number of Topliss-reactive ketones (excluding diaryl/α,β-unsaturated/α-hetero) is 1. The number of hydrogen-bond acceptors (Lipinski definition) is 3. The molecule has 0 saturated heterocycles. The highest BCUT2D eigenvalue weighted by Crippen LogP contribution is 2.32. The quantitative estimate of drug-likeness (QED) is 0.612. The van der Waals surface area contributed by atoms with E-state index in [4.69, 9.17) is 9.47 Å². The van der Waals surface area contributed by atoms with Crippen LogP contribution in [0.4, 0.5) is 0 Å². The van der Waals surface area contributed by atoms with Gasteiger partial charge in [0, 0.05) is 0 Å². The zero-order chi connectivity index (χ0) is 17.9. The number of ether oxygens (including phenoxy) is 2. The normalized spacial score (nSPS) is 14.2. The van der Waals surface area contributed by atoms with Gasteiger partial charge < -0.3 is 9.47 Å². The van der Waals surface area contributed by atoms with Crippen LogP contribution in [0.1, 0.15) is 27.0 Å². The Labute approximate surface area is 152 Å². The summed E-state index contributed by atoms with van der Waals surface area (Å²) in [7, 11) is 0. The van der Waals surface area contributed by atoms with Crippen LogP contribution in [0.5, 0.6) is 11.5 Å². The van der Waals surface area contributed by atoms with Gasteiger partial charge in [0.05, 0.1) is 5.56 Å². The lowest BCUT2D eigenvalue weighted by atomic mass is 10.1. The number of allylic oxidation sites excluding steroid dienone is 1. The van der Waals surface area contributed by atoms with E-state index in [9.17, 15) is 4.79 Å². The third-order valence-electron chi connectivity index (χ3n) is 4.23. The van der Waals surface area contributed by atoms with Crippen LogP contribution < -0.4 is 9.47 Å². The molecule has 1 heterocycles. The molecule has 3 aromatic rings. The highest BCUT2D eigenvalue weighted by Gasteiger charge is 2.27. The maximum atomic E-state index is 12.5. The number of rotatable bonds is 4. The Hall–Kier alpha value is -3.33. The van der Waals surface area contributed by atoms with Gasteiger partial charge in [-0.05, 0) is 48.4 Å². The third kappa shape index (κ3) is 3.38. The van der Waals surface area contributed by atoms with Crippen molar-refractivity contribution in [3.63, 3.8) is 0 Å². The summed E-state index contributed by atoms with van der Waals surface area (Å²) in [6, 6.07) is 23.3. The number of fused-ring (bicyclic) bond motifs is 1. The van der Waals surface area contributed by atoms with Gasteiger partial charge >= 0.3 is 0 Å². The minimum atomic E-state index is -0.0840. The standard InChI is InChI=1S/C23H18O3/c1-16-10-11-21-20(12-16)23(24)22(26-21)14-18-8-5-9-19(13-18)25-15-17-6-3-2-4-7-17/h2-14H,15H2,1H3/b22-14-. The van der Waals surface area contributed by atoms with Crippen LogP contribution in [0.2, 0.25) is 0 Å². The molecule has 0 amide bonds. The molecule has 0 aromatic heterocycles. The predicted octanol–water partition coefficient (Wildman–Crippen LogP) is 5.19. The fourth-order valence-corrected chi connectivity index (χ4v) is 2.89. The Morgan fingerprint density at radius 2 is 1.81 bits per heavy atom. The molecule has 0 atom stereocenters. The molecule has 0 saturated carbocycles. The average molecular weight is 342 g/mol. The molecule has 3 nitrogen and oxygen atoms in total. The first-order valence-electron chi connectivity index (χ1n) is 8.51. The largest absolute Gasteiger partial charge is 0.489 e. The summed E-state index contributed by atoms with van der Waals surface area (Å²) < 4.78 is 11.6. The van der Waals surface area contributed by atoms with Crippen molar-refractivity contribution in [1.82, 2.24) is 0 Å². The van der Waals surface area contributed by atoms with Gasteiger partial charge in [0.15, 0.2) is 5.76 Å². The second kappa shape index (κ2) is 6.89. The summed E-state index contributed by atoms with van der Waals surface area (Å²) in [5.41, 5.74) is 3.63. The molecule has 1 aliphatic rings. The Kier molecular flexibility index (Phi) is 4.28. The molecule has 1 aliphatic heterocycles. The fraction of sp³-hybridized carbons (Fsp3) is 0.0870. The van der Waals surface area contributed by atoms with Gasteiger partial charge in [-0.3, -0.25) is 4.79 Å². The van der Waals surface area contributed by atoms with Crippen molar-refractivity contribution >= 4 is 11.9 Å². The van der Waals surface area contributed by atoms with Gasteiger partial charge in [0.25, 0.3) is 0 Å². The molecule has 0 fully saturated rings. The first kappa shape index (κ1) is 16.2. The molecule has 0 radical (unpaired) electrons. The third-order valence-corrected chi connectivity index (χ3v) is 4.23. The van der Waals surface area contributed by atoms with E-state index >= 15 is 0 Å². The van der Waals surface area contributed by atoms with E-state index in [2.05, 4.69) is 0 Å². The van der Waals surface area contributed by atoms with Crippen LogP contribution in [0, 0.1) is 6.92 Å². The summed E-state index contributed by atoms with van der Waals surface area (Å²) in [6.07, 6.45) is 1.76. The van der Waals surface area contributed by atoms with Gasteiger partial charge in [0.1, 0.15) is 18.1 Å². The fourth-order valence-electron chi connectivity index (χ4n) is 2.89. The second-order valence-corrected chi connectivity index (χ2v) is 6.29. The van der Waals surface area contributed by atoms with Gasteiger partial charge in [0.2, 0.25) is 5.78 Å². The summed E-state index contributed by atoms with van der Waals surface area (Å²) in [6.45, 7) is 2.46. The lowest BCUT2D eigenvalue weighted by Gasteiger charge is -2.07. The molecule has 0 aliphatic carbocycles. The topological polar surface area (TPSA) is 35.5 Å². The maximum Gasteiger partial charge on any atom is 0.231 e. The Bertz CT molecular complexity index is 987. The SMILES string of the molecule is Cc1ccc2c(c1)C(=O)/C(=C/c1cccc(OCc3ccccc3)c1)O2. The van der Waals surface area contributed by atoms with E-state index in [1.807, 2.05) is 79.7 Å². The second-order valence-electron chi connectivity index (χ2n) is 6.29. The molecule has 0 N–H and O–H groups in total.